The molecule has 2 amide bonds. The summed E-state index contributed by atoms with van der Waals surface area (Å²) in [6.07, 6.45) is 5.40. The van der Waals surface area contributed by atoms with Crippen LogP contribution in [0.5, 0.6) is 5.75 Å². The molecule has 0 unspecified atom stereocenters. The number of allylic oxidation sites excluding steroid dienone is 1. The van der Waals surface area contributed by atoms with Crippen LogP contribution in [0.25, 0.3) is 11.1 Å². The van der Waals surface area contributed by atoms with E-state index in [0.717, 1.165) is 34.4 Å². The van der Waals surface area contributed by atoms with E-state index in [1.165, 1.54) is 10.5 Å². The van der Waals surface area contributed by atoms with Crippen LogP contribution in [0.2, 0.25) is 0 Å². The summed E-state index contributed by atoms with van der Waals surface area (Å²) >= 11 is 0. The molecule has 0 aliphatic rings. The number of carbonyl (C=O) groups excluding carboxylic acids is 2. The van der Waals surface area contributed by atoms with E-state index in [2.05, 4.69) is 46.8 Å². The van der Waals surface area contributed by atoms with Gasteiger partial charge in [-0.2, -0.15) is 0 Å². The van der Waals surface area contributed by atoms with E-state index >= 15 is 0 Å². The van der Waals surface area contributed by atoms with Crippen LogP contribution in [0.3, 0.4) is 0 Å². The minimum Gasteiger partial charge on any atom is -0.492 e. The number of hydrogen-bond donors (Lipinski definition) is 2. The Labute approximate surface area is 249 Å². The van der Waals surface area contributed by atoms with E-state index in [1.807, 2.05) is 57.2 Å². The highest BCUT2D eigenvalue weighted by Crippen LogP contribution is 2.35. The number of ether oxygens (including phenoxy) is 2. The molecule has 8 heteroatoms. The number of likely N-dealkylation sites (N-methyl/N-ethyl adjacent to an activating group) is 1. The summed E-state index contributed by atoms with van der Waals surface area (Å²) in [6.45, 7) is 9.34. The number of aromatic nitrogens is 1. The molecule has 0 fully saturated rings. The molecule has 42 heavy (non-hydrogen) atoms. The molecule has 0 atom stereocenters. The lowest BCUT2D eigenvalue weighted by molar-refractivity contribution is -0.123. The summed E-state index contributed by atoms with van der Waals surface area (Å²) in [5, 5.41) is 5.94. The number of benzene rings is 2. The number of nitrogens with one attached hydrogen (secondary N) is 2. The quantitative estimate of drug-likeness (QED) is 0.149. The third kappa shape index (κ3) is 10.2. The summed E-state index contributed by atoms with van der Waals surface area (Å²) in [5.41, 5.74) is 4.76. The van der Waals surface area contributed by atoms with Crippen LogP contribution in [0, 0.1) is 0 Å². The molecule has 0 bridgehead atoms. The van der Waals surface area contributed by atoms with Crippen molar-refractivity contribution >= 4 is 29.0 Å². The maximum atomic E-state index is 12.2. The van der Waals surface area contributed by atoms with Crippen molar-refractivity contribution in [3.63, 3.8) is 0 Å². The van der Waals surface area contributed by atoms with Crippen molar-refractivity contribution in [3.05, 3.63) is 102 Å². The maximum Gasteiger partial charge on any atom is 0.413 e. The first kappa shape index (κ1) is 32.1. The summed E-state index contributed by atoms with van der Waals surface area (Å²) in [7, 11) is 3.45. The molecule has 8 nitrogen and oxygen atoms in total. The molecule has 0 saturated carbocycles. The van der Waals surface area contributed by atoms with Crippen LogP contribution in [-0.4, -0.2) is 61.3 Å². The lowest BCUT2D eigenvalue weighted by atomic mass is 9.89. The van der Waals surface area contributed by atoms with Gasteiger partial charge in [-0.3, -0.25) is 10.1 Å². The topological polar surface area (TPSA) is 92.8 Å². The number of carbonyl (C=O) groups is 2. The van der Waals surface area contributed by atoms with E-state index in [0.29, 0.717) is 25.5 Å². The summed E-state index contributed by atoms with van der Waals surface area (Å²) in [4.78, 5) is 29.8. The Kier molecular flexibility index (Phi) is 11.9. The second-order valence-electron chi connectivity index (χ2n) is 10.8. The molecule has 0 saturated heterocycles. The zero-order valence-electron chi connectivity index (χ0n) is 25.4. The molecular formula is C34H42N4O4. The zero-order valence-corrected chi connectivity index (χ0v) is 25.4. The molecule has 222 valence electrons. The lowest BCUT2D eigenvalue weighted by Gasteiger charge is -2.19. The first-order valence-corrected chi connectivity index (χ1v) is 14.1. The molecule has 0 spiro atoms. The standard InChI is InChI=1S/C34H42N4O4/c1-7-29(25-12-9-8-10-13-25)32(27-17-20-30(36-24-27)37-33(40)42-34(2,3)4)26-15-18-28(19-16-26)41-23-22-35-21-11-14-31(39)38(5)6/h8-20,24,35H,7,21-23H2,1-6H3,(H,36,37,40)/b14-11+,32-29+. The highest BCUT2D eigenvalue weighted by Gasteiger charge is 2.17. The Morgan fingerprint density at radius 2 is 1.62 bits per heavy atom. The van der Waals surface area contributed by atoms with Crippen molar-refractivity contribution in [2.45, 2.75) is 39.7 Å². The van der Waals surface area contributed by atoms with Gasteiger partial charge in [-0.25, -0.2) is 9.78 Å². The average Bonchev–Trinajstić information content (AvgIpc) is 2.95. The zero-order chi connectivity index (χ0) is 30.5. The highest BCUT2D eigenvalue weighted by atomic mass is 16.6. The van der Waals surface area contributed by atoms with Gasteiger partial charge in [0.05, 0.1) is 0 Å². The summed E-state index contributed by atoms with van der Waals surface area (Å²) in [6, 6.07) is 22.1. The van der Waals surface area contributed by atoms with Crippen molar-refractivity contribution in [2.75, 3.05) is 39.1 Å². The van der Waals surface area contributed by atoms with Crippen molar-refractivity contribution in [1.29, 1.82) is 0 Å². The van der Waals surface area contributed by atoms with E-state index in [-0.39, 0.29) is 5.91 Å². The molecule has 0 radical (unpaired) electrons. The number of pyridine rings is 1. The number of anilines is 1. The Bertz CT molecular complexity index is 1360. The molecule has 3 aromatic rings. The SMILES string of the molecule is CC/C(=C(/c1ccc(OCCNC/C=C/C(=O)N(C)C)cc1)c1ccc(NC(=O)OC(C)(C)C)nc1)c1ccccc1. The molecular weight excluding hydrogens is 528 g/mol. The van der Waals surface area contributed by atoms with E-state index in [9.17, 15) is 9.59 Å². The van der Waals surface area contributed by atoms with Crippen LogP contribution in [0.15, 0.2) is 85.1 Å². The monoisotopic (exact) mass is 570 g/mol. The van der Waals surface area contributed by atoms with Crippen LogP contribution >= 0.6 is 0 Å². The van der Waals surface area contributed by atoms with Crippen LogP contribution in [0.1, 0.15) is 50.8 Å². The predicted molar refractivity (Wildman–Crippen MR) is 169 cm³/mol. The van der Waals surface area contributed by atoms with Gasteiger partial charge in [0.15, 0.2) is 0 Å². The minimum atomic E-state index is -0.594. The van der Waals surface area contributed by atoms with Crippen molar-refractivity contribution < 1.29 is 19.1 Å². The van der Waals surface area contributed by atoms with Gasteiger partial charge in [0.1, 0.15) is 23.8 Å². The molecule has 3 rings (SSSR count). The fraction of sp³-hybridized carbons (Fsp3) is 0.324. The Balaban J connectivity index is 1.76. The first-order chi connectivity index (χ1) is 20.1. The highest BCUT2D eigenvalue weighted by molar-refractivity contribution is 5.98. The molecule has 1 heterocycles. The third-order valence-electron chi connectivity index (χ3n) is 6.11. The number of amides is 2. The van der Waals surface area contributed by atoms with Gasteiger partial charge in [-0.15, -0.1) is 0 Å². The van der Waals surface area contributed by atoms with Gasteiger partial charge < -0.3 is 19.7 Å². The predicted octanol–water partition coefficient (Wildman–Crippen LogP) is 6.41. The third-order valence-corrected chi connectivity index (χ3v) is 6.11. The van der Waals surface area contributed by atoms with Crippen molar-refractivity contribution in [2.24, 2.45) is 0 Å². The van der Waals surface area contributed by atoms with Gasteiger partial charge in [-0.05, 0) is 73.7 Å². The fourth-order valence-electron chi connectivity index (χ4n) is 4.16. The van der Waals surface area contributed by atoms with E-state index < -0.39 is 11.7 Å². The van der Waals surface area contributed by atoms with Gasteiger partial charge >= 0.3 is 6.09 Å². The lowest BCUT2D eigenvalue weighted by Crippen LogP contribution is -2.27. The Morgan fingerprint density at radius 1 is 0.929 bits per heavy atom. The van der Waals surface area contributed by atoms with Gasteiger partial charge in [0, 0.05) is 45.0 Å². The second-order valence-corrected chi connectivity index (χ2v) is 10.8. The largest absolute Gasteiger partial charge is 0.492 e. The smallest absolute Gasteiger partial charge is 0.413 e. The molecule has 0 aliphatic carbocycles. The van der Waals surface area contributed by atoms with E-state index in [4.69, 9.17) is 9.47 Å². The molecule has 0 aliphatic heterocycles. The van der Waals surface area contributed by atoms with Gasteiger partial charge in [-0.1, -0.05) is 55.5 Å². The average molecular weight is 571 g/mol. The number of hydrogen-bond acceptors (Lipinski definition) is 6. The van der Waals surface area contributed by atoms with Crippen LogP contribution < -0.4 is 15.4 Å². The summed E-state index contributed by atoms with van der Waals surface area (Å²) < 4.78 is 11.3. The van der Waals surface area contributed by atoms with Gasteiger partial charge in [0.25, 0.3) is 0 Å². The van der Waals surface area contributed by atoms with Crippen LogP contribution in [0.4, 0.5) is 10.6 Å². The summed E-state index contributed by atoms with van der Waals surface area (Å²) in [5.74, 6) is 1.15. The maximum absolute atomic E-state index is 12.2. The van der Waals surface area contributed by atoms with Gasteiger partial charge in [0.2, 0.25) is 5.91 Å². The first-order valence-electron chi connectivity index (χ1n) is 14.1. The van der Waals surface area contributed by atoms with Crippen molar-refractivity contribution in [1.82, 2.24) is 15.2 Å². The normalized spacial score (nSPS) is 12.0. The molecule has 2 aromatic carbocycles. The molecule has 2 N–H and O–H groups in total. The number of rotatable bonds is 12. The molecule has 1 aromatic heterocycles. The van der Waals surface area contributed by atoms with E-state index in [1.54, 1.807) is 38.5 Å². The Morgan fingerprint density at radius 3 is 2.21 bits per heavy atom. The fourth-order valence-corrected chi connectivity index (χ4v) is 4.16. The number of nitrogens with zero attached hydrogens (tertiary/aromatic N) is 2. The van der Waals surface area contributed by atoms with Crippen LogP contribution in [-0.2, 0) is 9.53 Å². The minimum absolute atomic E-state index is 0.0377. The second kappa shape index (κ2) is 15.5. The van der Waals surface area contributed by atoms with Crippen molar-refractivity contribution in [3.8, 4) is 5.75 Å². The Hall–Kier alpha value is -4.43.